The van der Waals surface area contributed by atoms with Gasteiger partial charge in [-0.3, -0.25) is 4.79 Å². The molecule has 0 aliphatic carbocycles. The number of carbonyl (C=O) groups excluding carboxylic acids is 1. The monoisotopic (exact) mass is 285 g/mol. The zero-order valence-corrected chi connectivity index (χ0v) is 11.6. The minimum absolute atomic E-state index is 0.203. The third-order valence-corrected chi connectivity index (χ3v) is 3.13. The molecule has 1 aliphatic rings. The Morgan fingerprint density at radius 1 is 1.10 bits per heavy atom. The lowest BCUT2D eigenvalue weighted by molar-refractivity contribution is 0.102. The summed E-state index contributed by atoms with van der Waals surface area (Å²) in [5.41, 5.74) is 1.19. The van der Waals surface area contributed by atoms with Gasteiger partial charge >= 0.3 is 0 Å². The summed E-state index contributed by atoms with van der Waals surface area (Å²) in [5, 5.41) is 2.83. The molecule has 108 valence electrons. The van der Waals surface area contributed by atoms with E-state index in [-0.39, 0.29) is 5.91 Å². The minimum atomic E-state index is -0.203. The summed E-state index contributed by atoms with van der Waals surface area (Å²) in [6.45, 7) is 1.06. The SMILES string of the molecule is COc1cccc(C(=O)Nc2ccc3c(c2)OCCO3)c1. The van der Waals surface area contributed by atoms with Crippen LogP contribution >= 0.6 is 0 Å². The minimum Gasteiger partial charge on any atom is -0.497 e. The number of fused-ring (bicyclic) bond motifs is 1. The van der Waals surface area contributed by atoms with Crippen LogP contribution in [0.5, 0.6) is 17.2 Å². The van der Waals surface area contributed by atoms with Crippen LogP contribution in [-0.4, -0.2) is 26.2 Å². The summed E-state index contributed by atoms with van der Waals surface area (Å²) < 4.78 is 16.0. The lowest BCUT2D eigenvalue weighted by Gasteiger charge is -2.19. The van der Waals surface area contributed by atoms with E-state index in [2.05, 4.69) is 5.32 Å². The third-order valence-electron chi connectivity index (χ3n) is 3.13. The molecule has 0 saturated heterocycles. The Morgan fingerprint density at radius 3 is 2.71 bits per heavy atom. The van der Waals surface area contributed by atoms with Crippen LogP contribution in [0.3, 0.4) is 0 Å². The van der Waals surface area contributed by atoms with Crippen molar-refractivity contribution in [3.05, 3.63) is 48.0 Å². The van der Waals surface area contributed by atoms with Crippen molar-refractivity contribution in [1.82, 2.24) is 0 Å². The number of anilines is 1. The number of nitrogens with one attached hydrogen (secondary N) is 1. The average molecular weight is 285 g/mol. The molecule has 5 heteroatoms. The topological polar surface area (TPSA) is 56.8 Å². The van der Waals surface area contributed by atoms with Crippen LogP contribution in [0.25, 0.3) is 0 Å². The van der Waals surface area contributed by atoms with E-state index in [1.165, 1.54) is 0 Å². The van der Waals surface area contributed by atoms with Gasteiger partial charge in [0.15, 0.2) is 11.5 Å². The Bertz CT molecular complexity index is 669. The molecule has 5 nitrogen and oxygen atoms in total. The molecule has 0 unspecified atom stereocenters. The number of rotatable bonds is 3. The molecule has 1 heterocycles. The second-order valence-electron chi connectivity index (χ2n) is 4.54. The highest BCUT2D eigenvalue weighted by atomic mass is 16.6. The second kappa shape index (κ2) is 5.75. The first-order valence-electron chi connectivity index (χ1n) is 6.61. The van der Waals surface area contributed by atoms with Crippen LogP contribution in [0.2, 0.25) is 0 Å². The molecule has 0 bridgehead atoms. The van der Waals surface area contributed by atoms with Crippen molar-refractivity contribution in [3.63, 3.8) is 0 Å². The fraction of sp³-hybridized carbons (Fsp3) is 0.188. The number of amides is 1. The van der Waals surface area contributed by atoms with E-state index < -0.39 is 0 Å². The zero-order chi connectivity index (χ0) is 14.7. The molecule has 2 aromatic carbocycles. The zero-order valence-electron chi connectivity index (χ0n) is 11.6. The van der Waals surface area contributed by atoms with Gasteiger partial charge in [-0.2, -0.15) is 0 Å². The average Bonchev–Trinajstić information content (AvgIpc) is 2.54. The molecule has 0 saturated carbocycles. The summed E-state index contributed by atoms with van der Waals surface area (Å²) in [6, 6.07) is 12.3. The predicted molar refractivity (Wildman–Crippen MR) is 78.4 cm³/mol. The first-order chi connectivity index (χ1) is 10.3. The summed E-state index contributed by atoms with van der Waals surface area (Å²) in [6.07, 6.45) is 0. The summed E-state index contributed by atoms with van der Waals surface area (Å²) >= 11 is 0. The van der Waals surface area contributed by atoms with Crippen molar-refractivity contribution in [1.29, 1.82) is 0 Å². The standard InChI is InChI=1S/C16H15NO4/c1-19-13-4-2-3-11(9-13)16(18)17-12-5-6-14-15(10-12)21-8-7-20-14/h2-6,9-10H,7-8H2,1H3,(H,17,18). The van der Waals surface area contributed by atoms with Gasteiger partial charge in [-0.05, 0) is 30.3 Å². The van der Waals surface area contributed by atoms with Gasteiger partial charge in [0, 0.05) is 17.3 Å². The van der Waals surface area contributed by atoms with Crippen molar-refractivity contribution < 1.29 is 19.0 Å². The normalized spacial score (nSPS) is 12.6. The Hall–Kier alpha value is -2.69. The van der Waals surface area contributed by atoms with Gasteiger partial charge in [0.25, 0.3) is 5.91 Å². The second-order valence-corrected chi connectivity index (χ2v) is 4.54. The number of benzene rings is 2. The molecular formula is C16H15NO4. The molecule has 0 atom stereocenters. The molecule has 1 aliphatic heterocycles. The van der Waals surface area contributed by atoms with Crippen LogP contribution in [0.4, 0.5) is 5.69 Å². The Labute approximate surface area is 122 Å². The molecule has 0 spiro atoms. The molecule has 1 N–H and O–H groups in total. The van der Waals surface area contributed by atoms with Crippen LogP contribution in [0, 0.1) is 0 Å². The van der Waals surface area contributed by atoms with Crippen molar-refractivity contribution in [2.75, 3.05) is 25.6 Å². The molecule has 2 aromatic rings. The van der Waals surface area contributed by atoms with E-state index in [0.29, 0.717) is 41.7 Å². The van der Waals surface area contributed by atoms with Crippen LogP contribution in [0.15, 0.2) is 42.5 Å². The van der Waals surface area contributed by atoms with Crippen LogP contribution < -0.4 is 19.5 Å². The van der Waals surface area contributed by atoms with Gasteiger partial charge in [0.05, 0.1) is 7.11 Å². The molecule has 0 radical (unpaired) electrons. The summed E-state index contributed by atoms with van der Waals surface area (Å²) in [5.74, 6) is 1.78. The number of hydrogen-bond acceptors (Lipinski definition) is 4. The highest BCUT2D eigenvalue weighted by molar-refractivity contribution is 6.04. The smallest absolute Gasteiger partial charge is 0.255 e. The molecule has 0 fully saturated rings. The first kappa shape index (κ1) is 13.3. The van der Waals surface area contributed by atoms with Gasteiger partial charge in [-0.1, -0.05) is 6.07 Å². The van der Waals surface area contributed by atoms with E-state index in [4.69, 9.17) is 14.2 Å². The van der Waals surface area contributed by atoms with Gasteiger partial charge in [0.1, 0.15) is 19.0 Å². The van der Waals surface area contributed by atoms with E-state index in [1.807, 2.05) is 0 Å². The van der Waals surface area contributed by atoms with Crippen molar-refractivity contribution >= 4 is 11.6 Å². The number of hydrogen-bond donors (Lipinski definition) is 1. The van der Waals surface area contributed by atoms with E-state index in [0.717, 1.165) is 0 Å². The lowest BCUT2D eigenvalue weighted by atomic mass is 10.2. The Kier molecular flexibility index (Phi) is 3.64. The molecule has 21 heavy (non-hydrogen) atoms. The van der Waals surface area contributed by atoms with Gasteiger partial charge < -0.3 is 19.5 Å². The van der Waals surface area contributed by atoms with E-state index >= 15 is 0 Å². The molecular weight excluding hydrogens is 270 g/mol. The van der Waals surface area contributed by atoms with Gasteiger partial charge in [-0.15, -0.1) is 0 Å². The number of ether oxygens (including phenoxy) is 3. The van der Waals surface area contributed by atoms with Crippen LogP contribution in [0.1, 0.15) is 10.4 Å². The lowest BCUT2D eigenvalue weighted by Crippen LogP contribution is -2.16. The maximum atomic E-state index is 12.2. The Balaban J connectivity index is 1.78. The Morgan fingerprint density at radius 2 is 1.90 bits per heavy atom. The number of methoxy groups -OCH3 is 1. The quantitative estimate of drug-likeness (QED) is 0.942. The fourth-order valence-electron chi connectivity index (χ4n) is 2.09. The van der Waals surface area contributed by atoms with Crippen LogP contribution in [-0.2, 0) is 0 Å². The predicted octanol–water partition coefficient (Wildman–Crippen LogP) is 2.72. The summed E-state index contributed by atoms with van der Waals surface area (Å²) in [4.78, 5) is 12.2. The maximum absolute atomic E-state index is 12.2. The number of carbonyl (C=O) groups is 1. The maximum Gasteiger partial charge on any atom is 0.255 e. The highest BCUT2D eigenvalue weighted by Crippen LogP contribution is 2.32. The first-order valence-corrected chi connectivity index (χ1v) is 6.61. The highest BCUT2D eigenvalue weighted by Gasteiger charge is 2.13. The molecule has 1 amide bonds. The molecule has 0 aromatic heterocycles. The largest absolute Gasteiger partial charge is 0.497 e. The fourth-order valence-corrected chi connectivity index (χ4v) is 2.09. The van der Waals surface area contributed by atoms with Gasteiger partial charge in [-0.25, -0.2) is 0 Å². The summed E-state index contributed by atoms with van der Waals surface area (Å²) in [7, 11) is 1.57. The van der Waals surface area contributed by atoms with Gasteiger partial charge in [0.2, 0.25) is 0 Å². The van der Waals surface area contributed by atoms with Crippen molar-refractivity contribution in [2.45, 2.75) is 0 Å². The van der Waals surface area contributed by atoms with E-state index in [9.17, 15) is 4.79 Å². The van der Waals surface area contributed by atoms with E-state index in [1.54, 1.807) is 49.6 Å². The molecule has 3 rings (SSSR count). The van der Waals surface area contributed by atoms with Crippen molar-refractivity contribution in [2.24, 2.45) is 0 Å². The van der Waals surface area contributed by atoms with Crippen molar-refractivity contribution in [3.8, 4) is 17.2 Å². The third kappa shape index (κ3) is 2.91.